The lowest BCUT2D eigenvalue weighted by Crippen LogP contribution is -1.80. The highest BCUT2D eigenvalue weighted by Crippen LogP contribution is 2.29. The zero-order chi connectivity index (χ0) is 13.2. The molecule has 0 atom stereocenters. The van der Waals surface area contributed by atoms with Crippen LogP contribution in [0.25, 0.3) is 22.1 Å². The first kappa shape index (κ1) is 12.2. The van der Waals surface area contributed by atoms with Crippen molar-refractivity contribution in [2.24, 2.45) is 0 Å². The molecule has 5 heteroatoms. The van der Waals surface area contributed by atoms with Gasteiger partial charge in [-0.15, -0.1) is 22.7 Å². The molecule has 3 nitrogen and oxygen atoms in total. The van der Waals surface area contributed by atoms with E-state index in [0.717, 1.165) is 25.9 Å². The SMILES string of the molecule is COc1ccc2nc(C=C(O)c3cccs3)sc2c1. The van der Waals surface area contributed by atoms with Crippen LogP contribution in [0.5, 0.6) is 5.75 Å². The average molecular weight is 289 g/mol. The highest BCUT2D eigenvalue weighted by atomic mass is 32.1. The lowest BCUT2D eigenvalue weighted by atomic mass is 10.3. The Balaban J connectivity index is 1.99. The lowest BCUT2D eigenvalue weighted by Gasteiger charge is -1.96. The normalized spacial score (nSPS) is 11.9. The van der Waals surface area contributed by atoms with Crippen LogP contribution >= 0.6 is 22.7 Å². The Morgan fingerprint density at radius 1 is 1.37 bits per heavy atom. The molecule has 0 saturated heterocycles. The minimum atomic E-state index is 0.251. The number of rotatable bonds is 3. The third kappa shape index (κ3) is 2.47. The van der Waals surface area contributed by atoms with Crippen molar-refractivity contribution in [3.8, 4) is 5.75 Å². The molecule has 3 rings (SSSR count). The summed E-state index contributed by atoms with van der Waals surface area (Å²) >= 11 is 3.03. The summed E-state index contributed by atoms with van der Waals surface area (Å²) in [6, 6.07) is 9.55. The van der Waals surface area contributed by atoms with Crippen LogP contribution in [0.1, 0.15) is 9.88 Å². The molecule has 0 aliphatic carbocycles. The zero-order valence-electron chi connectivity index (χ0n) is 10.2. The standard InChI is InChI=1S/C14H11NO2S2/c1-17-9-4-5-10-13(7-9)19-14(15-10)8-11(16)12-3-2-6-18-12/h2-8,16H,1H3. The number of fused-ring (bicyclic) bond motifs is 1. The van der Waals surface area contributed by atoms with Gasteiger partial charge in [-0.2, -0.15) is 0 Å². The van der Waals surface area contributed by atoms with E-state index in [-0.39, 0.29) is 5.76 Å². The Hall–Kier alpha value is -1.85. The summed E-state index contributed by atoms with van der Waals surface area (Å²) in [5.41, 5.74) is 0.913. The van der Waals surface area contributed by atoms with Gasteiger partial charge in [-0.1, -0.05) is 6.07 Å². The molecule has 0 amide bonds. The molecule has 0 aliphatic heterocycles. The maximum absolute atomic E-state index is 10.0. The van der Waals surface area contributed by atoms with E-state index >= 15 is 0 Å². The molecule has 3 aromatic rings. The minimum Gasteiger partial charge on any atom is -0.506 e. The molecule has 1 N–H and O–H groups in total. The number of aliphatic hydroxyl groups is 1. The molecular formula is C14H11NO2S2. The van der Waals surface area contributed by atoms with Crippen LogP contribution in [0.15, 0.2) is 35.7 Å². The van der Waals surface area contributed by atoms with Crippen LogP contribution in [0.3, 0.4) is 0 Å². The Morgan fingerprint density at radius 3 is 3.00 bits per heavy atom. The highest BCUT2D eigenvalue weighted by molar-refractivity contribution is 7.19. The first-order chi connectivity index (χ1) is 9.26. The van der Waals surface area contributed by atoms with E-state index < -0.39 is 0 Å². The predicted octanol–water partition coefficient (Wildman–Crippen LogP) is 4.42. The monoisotopic (exact) mass is 289 g/mol. The molecule has 1 aromatic carbocycles. The first-order valence-corrected chi connectivity index (χ1v) is 7.35. The van der Waals surface area contributed by atoms with E-state index in [2.05, 4.69) is 4.98 Å². The number of nitrogens with zero attached hydrogens (tertiary/aromatic N) is 1. The van der Waals surface area contributed by atoms with Gasteiger partial charge in [-0.3, -0.25) is 0 Å². The first-order valence-electron chi connectivity index (χ1n) is 5.65. The molecule has 0 spiro atoms. The Labute approximate surface area is 118 Å². The van der Waals surface area contributed by atoms with E-state index in [1.807, 2.05) is 35.7 Å². The smallest absolute Gasteiger partial charge is 0.135 e. The number of ether oxygens (including phenoxy) is 1. The van der Waals surface area contributed by atoms with Crippen LogP contribution in [-0.2, 0) is 0 Å². The fourth-order valence-electron chi connectivity index (χ4n) is 1.72. The second-order valence-corrected chi connectivity index (χ2v) is 5.90. The average Bonchev–Trinajstić information content (AvgIpc) is 3.06. The summed E-state index contributed by atoms with van der Waals surface area (Å²) in [4.78, 5) is 5.31. The topological polar surface area (TPSA) is 42.4 Å². The summed E-state index contributed by atoms with van der Waals surface area (Å²) in [6.07, 6.45) is 1.70. The molecule has 96 valence electrons. The van der Waals surface area contributed by atoms with Crippen LogP contribution < -0.4 is 4.74 Å². The summed E-state index contributed by atoms with van der Waals surface area (Å²) in [5, 5.41) is 12.7. The van der Waals surface area contributed by atoms with E-state index in [4.69, 9.17) is 4.74 Å². The Morgan fingerprint density at radius 2 is 2.26 bits per heavy atom. The summed E-state index contributed by atoms with van der Waals surface area (Å²) in [7, 11) is 1.64. The van der Waals surface area contributed by atoms with Crippen molar-refractivity contribution >= 4 is 44.7 Å². The fourth-order valence-corrected chi connectivity index (χ4v) is 3.30. The second kappa shape index (κ2) is 5.03. The Kier molecular flexibility index (Phi) is 3.23. The molecule has 0 radical (unpaired) electrons. The van der Waals surface area contributed by atoms with Crippen molar-refractivity contribution in [2.45, 2.75) is 0 Å². The van der Waals surface area contributed by atoms with Crippen LogP contribution in [0.2, 0.25) is 0 Å². The number of aromatic nitrogens is 1. The maximum atomic E-state index is 10.0. The van der Waals surface area contributed by atoms with Crippen molar-refractivity contribution < 1.29 is 9.84 Å². The number of thiophene rings is 1. The van der Waals surface area contributed by atoms with E-state index in [1.54, 1.807) is 13.2 Å². The van der Waals surface area contributed by atoms with Gasteiger partial charge < -0.3 is 9.84 Å². The second-order valence-electron chi connectivity index (χ2n) is 3.89. The Bertz CT molecular complexity index is 729. The number of thiazole rings is 1. The molecule has 0 bridgehead atoms. The van der Waals surface area contributed by atoms with Gasteiger partial charge in [0.05, 0.1) is 22.2 Å². The quantitative estimate of drug-likeness (QED) is 0.726. The molecule has 0 aliphatic rings. The number of benzene rings is 1. The highest BCUT2D eigenvalue weighted by Gasteiger charge is 2.06. The molecule has 0 unspecified atom stereocenters. The van der Waals surface area contributed by atoms with Gasteiger partial charge in [0.2, 0.25) is 0 Å². The van der Waals surface area contributed by atoms with Crippen molar-refractivity contribution in [2.75, 3.05) is 7.11 Å². The van der Waals surface area contributed by atoms with Gasteiger partial charge in [0.25, 0.3) is 0 Å². The van der Waals surface area contributed by atoms with Crippen LogP contribution in [-0.4, -0.2) is 17.2 Å². The van der Waals surface area contributed by atoms with Gasteiger partial charge in [0, 0.05) is 6.08 Å². The van der Waals surface area contributed by atoms with Gasteiger partial charge >= 0.3 is 0 Å². The van der Waals surface area contributed by atoms with Gasteiger partial charge in [-0.25, -0.2) is 4.98 Å². The van der Waals surface area contributed by atoms with Crippen LogP contribution in [0, 0.1) is 0 Å². The van der Waals surface area contributed by atoms with E-state index in [1.165, 1.54) is 22.7 Å². The summed E-state index contributed by atoms with van der Waals surface area (Å²) < 4.78 is 6.23. The third-order valence-electron chi connectivity index (χ3n) is 2.65. The molecule has 0 fully saturated rings. The number of aliphatic hydroxyl groups excluding tert-OH is 1. The van der Waals surface area contributed by atoms with Crippen LogP contribution in [0.4, 0.5) is 0 Å². The molecular weight excluding hydrogens is 278 g/mol. The lowest BCUT2D eigenvalue weighted by molar-refractivity contribution is 0.415. The van der Waals surface area contributed by atoms with Crippen molar-refractivity contribution in [3.63, 3.8) is 0 Å². The zero-order valence-corrected chi connectivity index (χ0v) is 11.8. The maximum Gasteiger partial charge on any atom is 0.135 e. The fraction of sp³-hybridized carbons (Fsp3) is 0.0714. The number of hydrogen-bond acceptors (Lipinski definition) is 5. The summed E-state index contributed by atoms with van der Waals surface area (Å²) in [5.74, 6) is 1.06. The molecule has 2 aromatic heterocycles. The van der Waals surface area contributed by atoms with Gasteiger partial charge in [0.1, 0.15) is 16.5 Å². The largest absolute Gasteiger partial charge is 0.506 e. The van der Waals surface area contributed by atoms with E-state index in [0.29, 0.717) is 0 Å². The molecule has 0 saturated carbocycles. The third-order valence-corrected chi connectivity index (χ3v) is 4.50. The number of hydrogen-bond donors (Lipinski definition) is 1. The van der Waals surface area contributed by atoms with Gasteiger partial charge in [0.15, 0.2) is 0 Å². The number of methoxy groups -OCH3 is 1. The minimum absolute atomic E-state index is 0.251. The van der Waals surface area contributed by atoms with Gasteiger partial charge in [-0.05, 0) is 29.6 Å². The predicted molar refractivity (Wildman–Crippen MR) is 81.0 cm³/mol. The molecule has 19 heavy (non-hydrogen) atoms. The molecule has 2 heterocycles. The van der Waals surface area contributed by atoms with Crippen molar-refractivity contribution in [3.05, 3.63) is 45.6 Å². The van der Waals surface area contributed by atoms with E-state index in [9.17, 15) is 5.11 Å². The summed E-state index contributed by atoms with van der Waals surface area (Å²) in [6.45, 7) is 0. The van der Waals surface area contributed by atoms with Crippen molar-refractivity contribution in [1.29, 1.82) is 0 Å². The van der Waals surface area contributed by atoms with Crippen molar-refractivity contribution in [1.82, 2.24) is 4.98 Å².